The number of fused-ring (bicyclic) bond motifs is 2. The van der Waals surface area contributed by atoms with Crippen LogP contribution in [0.4, 0.5) is 5.13 Å². The molecule has 2 unspecified atom stereocenters. The maximum atomic E-state index is 13.8. The van der Waals surface area contributed by atoms with Gasteiger partial charge in [0.2, 0.25) is 6.10 Å². The molecule has 32 heavy (non-hydrogen) atoms. The molecule has 0 radical (unpaired) electrons. The number of rotatable bonds is 5. The molecule has 8 heteroatoms. The topological polar surface area (TPSA) is 73.8 Å². The second-order valence-electron chi connectivity index (χ2n) is 7.38. The summed E-state index contributed by atoms with van der Waals surface area (Å²) in [6.07, 6.45) is 0.439. The fourth-order valence-corrected chi connectivity index (χ4v) is 4.57. The summed E-state index contributed by atoms with van der Waals surface area (Å²) in [6, 6.07) is 18.6. The summed E-state index contributed by atoms with van der Waals surface area (Å²) >= 11 is 1.42. The lowest BCUT2D eigenvalue weighted by atomic mass is 10.1. The van der Waals surface area contributed by atoms with Crippen LogP contribution in [0.2, 0.25) is 0 Å². The number of hydrogen-bond acceptors (Lipinski definition) is 7. The fourth-order valence-electron chi connectivity index (χ4n) is 3.57. The highest BCUT2D eigenvalue weighted by molar-refractivity contribution is 7.22. The van der Waals surface area contributed by atoms with Crippen LogP contribution in [0.15, 0.2) is 66.9 Å². The summed E-state index contributed by atoms with van der Waals surface area (Å²) in [6.45, 7) is 2.10. The van der Waals surface area contributed by atoms with E-state index < -0.39 is 12.2 Å². The third-order valence-corrected chi connectivity index (χ3v) is 6.25. The number of ether oxygens (including phenoxy) is 3. The zero-order valence-corrected chi connectivity index (χ0v) is 18.4. The van der Waals surface area contributed by atoms with Crippen LogP contribution < -0.4 is 19.1 Å². The summed E-state index contributed by atoms with van der Waals surface area (Å²) in [7, 11) is 1.62. The normalized spacial score (nSPS) is 17.2. The molecule has 7 nitrogen and oxygen atoms in total. The second kappa shape index (κ2) is 8.47. The van der Waals surface area contributed by atoms with Gasteiger partial charge in [-0.25, -0.2) is 4.98 Å². The molecule has 0 N–H and O–H groups in total. The van der Waals surface area contributed by atoms with Gasteiger partial charge < -0.3 is 14.2 Å². The van der Waals surface area contributed by atoms with E-state index in [4.69, 9.17) is 19.2 Å². The van der Waals surface area contributed by atoms with Gasteiger partial charge in [0.15, 0.2) is 16.6 Å². The molecule has 5 rings (SSSR count). The van der Waals surface area contributed by atoms with E-state index in [2.05, 4.69) is 4.98 Å². The molecule has 162 valence electrons. The number of carbonyl (C=O) groups is 1. The Bertz CT molecular complexity index is 1260. The molecule has 0 fully saturated rings. The Kier molecular flexibility index (Phi) is 5.36. The van der Waals surface area contributed by atoms with Crippen LogP contribution in [0.25, 0.3) is 10.2 Å². The van der Waals surface area contributed by atoms with Gasteiger partial charge in [-0.3, -0.25) is 14.7 Å². The molecular formula is C24H21N3O4S. The monoisotopic (exact) mass is 447 g/mol. The Balaban J connectivity index is 1.52. The predicted octanol–water partition coefficient (Wildman–Crippen LogP) is 4.46. The zero-order chi connectivity index (χ0) is 22.1. The average molecular weight is 448 g/mol. The van der Waals surface area contributed by atoms with Gasteiger partial charge in [0, 0.05) is 6.20 Å². The SMILES string of the molecule is COc1ccc2nc(N(Cc3ccccn3)C(=O)C3Oc4ccccc4OC3C)sc2c1. The lowest BCUT2D eigenvalue weighted by Gasteiger charge is -2.33. The highest BCUT2D eigenvalue weighted by Crippen LogP contribution is 2.36. The van der Waals surface area contributed by atoms with Gasteiger partial charge in [-0.2, -0.15) is 0 Å². The van der Waals surface area contributed by atoms with Gasteiger partial charge in [-0.15, -0.1) is 0 Å². The van der Waals surface area contributed by atoms with Crippen molar-refractivity contribution in [3.8, 4) is 17.2 Å². The molecule has 0 aliphatic carbocycles. The van der Waals surface area contributed by atoms with Gasteiger partial charge in [0.05, 0.1) is 29.6 Å². The van der Waals surface area contributed by atoms with Crippen molar-refractivity contribution in [2.75, 3.05) is 12.0 Å². The van der Waals surface area contributed by atoms with Crippen LogP contribution in [0.3, 0.4) is 0 Å². The maximum absolute atomic E-state index is 13.8. The molecule has 1 aliphatic heterocycles. The first-order valence-electron chi connectivity index (χ1n) is 10.2. The minimum atomic E-state index is -0.810. The van der Waals surface area contributed by atoms with E-state index in [0.29, 0.717) is 16.6 Å². The smallest absolute Gasteiger partial charge is 0.274 e. The molecule has 1 aliphatic rings. The zero-order valence-electron chi connectivity index (χ0n) is 17.6. The van der Waals surface area contributed by atoms with Crippen LogP contribution >= 0.6 is 11.3 Å². The fraction of sp³-hybridized carbons (Fsp3) is 0.208. The third-order valence-electron chi connectivity index (χ3n) is 5.21. The molecule has 2 atom stereocenters. The first kappa shape index (κ1) is 20.3. The summed E-state index contributed by atoms with van der Waals surface area (Å²) in [5.74, 6) is 1.69. The molecular weight excluding hydrogens is 426 g/mol. The van der Waals surface area contributed by atoms with Crippen molar-refractivity contribution < 1.29 is 19.0 Å². The number of para-hydroxylation sites is 2. The molecule has 2 aromatic heterocycles. The van der Waals surface area contributed by atoms with Crippen molar-refractivity contribution in [2.24, 2.45) is 0 Å². The Morgan fingerprint density at radius 3 is 2.62 bits per heavy atom. The number of hydrogen-bond donors (Lipinski definition) is 0. The highest BCUT2D eigenvalue weighted by Gasteiger charge is 2.38. The van der Waals surface area contributed by atoms with E-state index in [-0.39, 0.29) is 12.5 Å². The van der Waals surface area contributed by atoms with Gasteiger partial charge >= 0.3 is 0 Å². The Morgan fingerprint density at radius 2 is 1.88 bits per heavy atom. The van der Waals surface area contributed by atoms with Gasteiger partial charge in [-0.1, -0.05) is 29.5 Å². The van der Waals surface area contributed by atoms with E-state index in [9.17, 15) is 4.79 Å². The molecule has 3 heterocycles. The largest absolute Gasteiger partial charge is 0.497 e. The first-order valence-corrected chi connectivity index (χ1v) is 11.0. The van der Waals surface area contributed by atoms with Crippen molar-refractivity contribution in [2.45, 2.75) is 25.7 Å². The molecule has 0 spiro atoms. The number of carbonyl (C=O) groups excluding carboxylic acids is 1. The maximum Gasteiger partial charge on any atom is 0.274 e. The van der Waals surface area contributed by atoms with Gasteiger partial charge in [0.1, 0.15) is 11.9 Å². The number of benzene rings is 2. The Hall–Kier alpha value is -3.65. The minimum absolute atomic E-state index is 0.233. The minimum Gasteiger partial charge on any atom is -0.497 e. The Morgan fingerprint density at radius 1 is 1.09 bits per heavy atom. The van der Waals surface area contributed by atoms with Crippen molar-refractivity contribution in [3.05, 3.63) is 72.6 Å². The first-order chi connectivity index (χ1) is 15.6. The van der Waals surface area contributed by atoms with E-state index in [1.54, 1.807) is 24.3 Å². The van der Waals surface area contributed by atoms with Crippen molar-refractivity contribution in [1.29, 1.82) is 0 Å². The lowest BCUT2D eigenvalue weighted by molar-refractivity contribution is -0.130. The van der Waals surface area contributed by atoms with Crippen LogP contribution in [-0.4, -0.2) is 35.2 Å². The van der Waals surface area contributed by atoms with Crippen LogP contribution in [-0.2, 0) is 11.3 Å². The summed E-state index contributed by atoms with van der Waals surface area (Å²) < 4.78 is 18.3. The van der Waals surface area contributed by atoms with Crippen molar-refractivity contribution in [3.63, 3.8) is 0 Å². The number of aromatic nitrogens is 2. The highest BCUT2D eigenvalue weighted by atomic mass is 32.1. The van der Waals surface area contributed by atoms with Crippen LogP contribution in [0, 0.1) is 0 Å². The molecule has 4 aromatic rings. The van der Waals surface area contributed by atoms with E-state index in [1.165, 1.54) is 11.3 Å². The Labute approximate surface area is 189 Å². The quantitative estimate of drug-likeness (QED) is 0.450. The average Bonchev–Trinajstić information content (AvgIpc) is 3.25. The standard InChI is InChI=1S/C24H21N3O4S/c1-15-22(31-20-9-4-3-8-19(20)30-15)23(28)27(14-16-7-5-6-12-25-16)24-26-18-11-10-17(29-2)13-21(18)32-24/h3-13,15,22H,14H2,1-2H3. The molecule has 0 bridgehead atoms. The summed E-state index contributed by atoms with van der Waals surface area (Å²) in [4.78, 5) is 24.5. The van der Waals surface area contributed by atoms with Crippen LogP contribution in [0.1, 0.15) is 12.6 Å². The van der Waals surface area contributed by atoms with E-state index in [1.807, 2.05) is 61.5 Å². The number of amides is 1. The van der Waals surface area contributed by atoms with Gasteiger partial charge in [0.25, 0.3) is 5.91 Å². The number of pyridine rings is 1. The number of nitrogens with zero attached hydrogens (tertiary/aromatic N) is 3. The second-order valence-corrected chi connectivity index (χ2v) is 8.39. The van der Waals surface area contributed by atoms with Gasteiger partial charge in [-0.05, 0) is 49.4 Å². The molecule has 0 saturated carbocycles. The molecule has 2 aromatic carbocycles. The predicted molar refractivity (Wildman–Crippen MR) is 123 cm³/mol. The van der Waals surface area contributed by atoms with Crippen molar-refractivity contribution >= 4 is 32.6 Å². The summed E-state index contributed by atoms with van der Waals surface area (Å²) in [5, 5.41) is 0.568. The third kappa shape index (κ3) is 3.85. The number of thiazole rings is 1. The van der Waals surface area contributed by atoms with E-state index in [0.717, 1.165) is 21.7 Å². The van der Waals surface area contributed by atoms with E-state index >= 15 is 0 Å². The molecule has 1 amide bonds. The molecule has 0 saturated heterocycles. The summed E-state index contributed by atoms with van der Waals surface area (Å²) in [5.41, 5.74) is 1.55. The number of methoxy groups -OCH3 is 1. The number of anilines is 1. The lowest BCUT2D eigenvalue weighted by Crippen LogP contribution is -2.50. The van der Waals surface area contributed by atoms with Crippen molar-refractivity contribution in [1.82, 2.24) is 9.97 Å². The van der Waals surface area contributed by atoms with Crippen LogP contribution in [0.5, 0.6) is 17.2 Å².